The molecule has 1 aromatic carbocycles. The maximum Gasteiger partial charge on any atom is 0.321 e. The Morgan fingerprint density at radius 1 is 1.38 bits per heavy atom. The second-order valence-electron chi connectivity index (χ2n) is 6.09. The third kappa shape index (κ3) is 4.46. The largest absolute Gasteiger partial charge is 0.336 e. The molecule has 0 unspecified atom stereocenters. The van der Waals surface area contributed by atoms with Gasteiger partial charge in [-0.2, -0.15) is 0 Å². The normalized spacial score (nSPS) is 15.0. The number of amides is 3. The predicted molar refractivity (Wildman–Crippen MR) is 83.6 cm³/mol. The summed E-state index contributed by atoms with van der Waals surface area (Å²) < 4.78 is 0. The lowest BCUT2D eigenvalue weighted by Gasteiger charge is -2.20. The van der Waals surface area contributed by atoms with Gasteiger partial charge in [0.15, 0.2) is 0 Å². The second-order valence-corrected chi connectivity index (χ2v) is 6.09. The Bertz CT molecular complexity index is 537. The van der Waals surface area contributed by atoms with Crippen LogP contribution in [0.1, 0.15) is 20.8 Å². The van der Waals surface area contributed by atoms with Crippen molar-refractivity contribution in [2.45, 2.75) is 26.3 Å². The molecule has 1 aliphatic heterocycles. The second kappa shape index (κ2) is 6.13. The summed E-state index contributed by atoms with van der Waals surface area (Å²) in [6.07, 6.45) is 0. The van der Waals surface area contributed by atoms with E-state index >= 15 is 0 Å². The molecule has 6 heteroatoms. The van der Waals surface area contributed by atoms with E-state index in [2.05, 4.69) is 16.0 Å². The summed E-state index contributed by atoms with van der Waals surface area (Å²) in [5.74, 6) is -0.104. The molecule has 2 rings (SSSR count). The third-order valence-corrected chi connectivity index (χ3v) is 3.08. The van der Waals surface area contributed by atoms with Crippen LogP contribution in [-0.2, 0) is 4.79 Å². The number of carbonyl (C=O) groups is 2. The van der Waals surface area contributed by atoms with Gasteiger partial charge in [-0.3, -0.25) is 9.69 Å². The maximum atomic E-state index is 11.9. The van der Waals surface area contributed by atoms with Gasteiger partial charge in [-0.15, -0.1) is 0 Å². The predicted octanol–water partition coefficient (Wildman–Crippen LogP) is 1.54. The number of nitrogens with zero attached hydrogens (tertiary/aromatic N) is 1. The highest BCUT2D eigenvalue weighted by Gasteiger charge is 2.21. The molecule has 114 valence electrons. The topological polar surface area (TPSA) is 73.5 Å². The van der Waals surface area contributed by atoms with Crippen LogP contribution in [0.15, 0.2) is 24.3 Å². The number of carbonyl (C=O) groups excluding carboxylic acids is 2. The Labute approximate surface area is 124 Å². The lowest BCUT2D eigenvalue weighted by atomic mass is 10.1. The summed E-state index contributed by atoms with van der Waals surface area (Å²) in [5, 5.41) is 8.72. The fourth-order valence-electron chi connectivity index (χ4n) is 2.02. The zero-order valence-corrected chi connectivity index (χ0v) is 12.7. The van der Waals surface area contributed by atoms with Crippen molar-refractivity contribution in [1.29, 1.82) is 0 Å². The zero-order valence-electron chi connectivity index (χ0n) is 12.7. The van der Waals surface area contributed by atoms with Crippen LogP contribution in [0, 0.1) is 0 Å². The van der Waals surface area contributed by atoms with Crippen molar-refractivity contribution >= 4 is 23.3 Å². The van der Waals surface area contributed by atoms with Crippen LogP contribution < -0.4 is 20.9 Å². The Balaban J connectivity index is 1.98. The van der Waals surface area contributed by atoms with E-state index in [-0.39, 0.29) is 24.0 Å². The quantitative estimate of drug-likeness (QED) is 0.787. The smallest absolute Gasteiger partial charge is 0.321 e. The number of rotatable bonds is 4. The molecule has 3 amide bonds. The van der Waals surface area contributed by atoms with Gasteiger partial charge in [-0.25, -0.2) is 4.79 Å². The van der Waals surface area contributed by atoms with Crippen LogP contribution in [-0.4, -0.2) is 37.1 Å². The van der Waals surface area contributed by atoms with Gasteiger partial charge in [0.2, 0.25) is 5.91 Å². The summed E-state index contributed by atoms with van der Waals surface area (Å²) in [6, 6.07) is 7.20. The average molecular weight is 290 g/mol. The van der Waals surface area contributed by atoms with E-state index < -0.39 is 0 Å². The molecule has 0 radical (unpaired) electrons. The van der Waals surface area contributed by atoms with Crippen molar-refractivity contribution in [3.05, 3.63) is 24.3 Å². The molecular formula is C15H22N4O2. The Morgan fingerprint density at radius 3 is 2.76 bits per heavy atom. The number of anilines is 2. The highest BCUT2D eigenvalue weighted by atomic mass is 16.2. The van der Waals surface area contributed by atoms with Crippen molar-refractivity contribution in [3.63, 3.8) is 0 Å². The minimum atomic E-state index is -0.104. The van der Waals surface area contributed by atoms with E-state index in [1.165, 1.54) is 0 Å². The van der Waals surface area contributed by atoms with Crippen molar-refractivity contribution in [2.24, 2.45) is 0 Å². The van der Waals surface area contributed by atoms with Gasteiger partial charge in [0.1, 0.15) is 0 Å². The first-order valence-electron chi connectivity index (χ1n) is 7.05. The summed E-state index contributed by atoms with van der Waals surface area (Å²) in [7, 11) is 0. The van der Waals surface area contributed by atoms with E-state index in [4.69, 9.17) is 0 Å². The van der Waals surface area contributed by atoms with Crippen LogP contribution in [0.3, 0.4) is 0 Å². The number of hydrogen-bond donors (Lipinski definition) is 3. The molecule has 0 aromatic heterocycles. The monoisotopic (exact) mass is 290 g/mol. The van der Waals surface area contributed by atoms with Gasteiger partial charge in [0.05, 0.1) is 6.54 Å². The number of nitrogens with one attached hydrogen (secondary N) is 3. The molecule has 21 heavy (non-hydrogen) atoms. The molecule has 3 N–H and O–H groups in total. The fourth-order valence-corrected chi connectivity index (χ4v) is 2.02. The summed E-state index contributed by atoms with van der Waals surface area (Å²) in [5.41, 5.74) is 1.37. The minimum Gasteiger partial charge on any atom is -0.336 e. The van der Waals surface area contributed by atoms with Gasteiger partial charge < -0.3 is 16.0 Å². The molecule has 0 atom stereocenters. The molecule has 1 heterocycles. The number of hydrogen-bond acceptors (Lipinski definition) is 3. The van der Waals surface area contributed by atoms with Gasteiger partial charge in [-0.05, 0) is 39.0 Å². The fraction of sp³-hybridized carbons (Fsp3) is 0.467. The molecule has 0 saturated carbocycles. The van der Waals surface area contributed by atoms with Crippen LogP contribution in [0.25, 0.3) is 0 Å². The van der Waals surface area contributed by atoms with E-state index in [1.54, 1.807) is 11.0 Å². The summed E-state index contributed by atoms with van der Waals surface area (Å²) in [6.45, 7) is 7.55. The Morgan fingerprint density at radius 2 is 2.14 bits per heavy atom. The van der Waals surface area contributed by atoms with E-state index in [1.807, 2.05) is 39.0 Å². The molecule has 6 nitrogen and oxygen atoms in total. The SMILES string of the molecule is CC(C)(C)NCC(=O)Nc1cccc(N2CCNC2=O)c1. The zero-order chi connectivity index (χ0) is 15.5. The Hall–Kier alpha value is -2.08. The third-order valence-electron chi connectivity index (χ3n) is 3.08. The van der Waals surface area contributed by atoms with Crippen LogP contribution >= 0.6 is 0 Å². The molecule has 0 bridgehead atoms. The summed E-state index contributed by atoms with van der Waals surface area (Å²) >= 11 is 0. The molecule has 0 spiro atoms. The standard InChI is InChI=1S/C15H22N4O2/c1-15(2,3)17-10-13(20)18-11-5-4-6-12(9-11)19-8-7-16-14(19)21/h4-6,9,17H,7-8,10H2,1-3H3,(H,16,21)(H,18,20). The molecular weight excluding hydrogens is 268 g/mol. The van der Waals surface area contributed by atoms with Gasteiger partial charge in [-0.1, -0.05) is 6.07 Å². The molecule has 0 aliphatic carbocycles. The first-order chi connectivity index (χ1) is 9.85. The van der Waals surface area contributed by atoms with Gasteiger partial charge >= 0.3 is 6.03 Å². The number of benzene rings is 1. The highest BCUT2D eigenvalue weighted by molar-refractivity contribution is 5.96. The van der Waals surface area contributed by atoms with E-state index in [0.29, 0.717) is 18.8 Å². The van der Waals surface area contributed by atoms with Crippen molar-refractivity contribution in [2.75, 3.05) is 29.9 Å². The molecule has 1 saturated heterocycles. The molecule has 1 fully saturated rings. The lowest BCUT2D eigenvalue weighted by molar-refractivity contribution is -0.115. The summed E-state index contributed by atoms with van der Waals surface area (Å²) in [4.78, 5) is 25.2. The van der Waals surface area contributed by atoms with Crippen LogP contribution in [0.4, 0.5) is 16.2 Å². The van der Waals surface area contributed by atoms with Crippen LogP contribution in [0.2, 0.25) is 0 Å². The van der Waals surface area contributed by atoms with Crippen molar-refractivity contribution < 1.29 is 9.59 Å². The molecule has 1 aromatic rings. The average Bonchev–Trinajstić information content (AvgIpc) is 2.82. The van der Waals surface area contributed by atoms with Crippen molar-refractivity contribution in [1.82, 2.24) is 10.6 Å². The Kier molecular flexibility index (Phi) is 4.47. The molecule has 1 aliphatic rings. The van der Waals surface area contributed by atoms with E-state index in [0.717, 1.165) is 5.69 Å². The first kappa shape index (κ1) is 15.3. The maximum absolute atomic E-state index is 11.9. The van der Waals surface area contributed by atoms with Gasteiger partial charge in [0.25, 0.3) is 0 Å². The van der Waals surface area contributed by atoms with E-state index in [9.17, 15) is 9.59 Å². The lowest BCUT2D eigenvalue weighted by Crippen LogP contribution is -2.41. The number of urea groups is 1. The highest BCUT2D eigenvalue weighted by Crippen LogP contribution is 2.20. The minimum absolute atomic E-state index is 0.104. The van der Waals surface area contributed by atoms with Crippen LogP contribution in [0.5, 0.6) is 0 Å². The van der Waals surface area contributed by atoms with Crippen molar-refractivity contribution in [3.8, 4) is 0 Å². The van der Waals surface area contributed by atoms with Gasteiger partial charge in [0, 0.05) is 30.0 Å². The first-order valence-corrected chi connectivity index (χ1v) is 7.05.